The SMILES string of the molecule is O=C(Nc1ccc2nc[nH]c2c1)[C@@H]1CC(=O)N(Cc2ccco2)C1. The maximum absolute atomic E-state index is 12.4. The largest absolute Gasteiger partial charge is 0.467 e. The molecule has 2 N–H and O–H groups in total. The van der Waals surface area contributed by atoms with E-state index in [4.69, 9.17) is 4.42 Å². The van der Waals surface area contributed by atoms with Crippen LogP contribution in [-0.4, -0.2) is 33.2 Å². The molecule has 24 heavy (non-hydrogen) atoms. The highest BCUT2D eigenvalue weighted by atomic mass is 16.3. The number of anilines is 1. The lowest BCUT2D eigenvalue weighted by atomic mass is 10.1. The summed E-state index contributed by atoms with van der Waals surface area (Å²) < 4.78 is 5.26. The summed E-state index contributed by atoms with van der Waals surface area (Å²) >= 11 is 0. The van der Waals surface area contributed by atoms with E-state index in [0.717, 1.165) is 11.0 Å². The molecule has 1 aromatic carbocycles. The van der Waals surface area contributed by atoms with Crippen molar-refractivity contribution in [3.63, 3.8) is 0 Å². The number of aromatic amines is 1. The Balaban J connectivity index is 1.42. The average Bonchev–Trinajstić information content (AvgIpc) is 3.29. The zero-order chi connectivity index (χ0) is 16.5. The van der Waals surface area contributed by atoms with Gasteiger partial charge in [-0.3, -0.25) is 9.59 Å². The molecule has 2 amide bonds. The Morgan fingerprint density at radius 1 is 1.42 bits per heavy atom. The van der Waals surface area contributed by atoms with Crippen LogP contribution < -0.4 is 5.32 Å². The quantitative estimate of drug-likeness (QED) is 0.769. The van der Waals surface area contributed by atoms with E-state index >= 15 is 0 Å². The zero-order valence-corrected chi connectivity index (χ0v) is 12.9. The number of H-pyrrole nitrogens is 1. The first-order chi connectivity index (χ1) is 11.7. The highest BCUT2D eigenvalue weighted by Crippen LogP contribution is 2.23. The lowest BCUT2D eigenvalue weighted by molar-refractivity contribution is -0.128. The van der Waals surface area contributed by atoms with Crippen molar-refractivity contribution in [1.82, 2.24) is 14.9 Å². The minimum Gasteiger partial charge on any atom is -0.467 e. The fourth-order valence-electron chi connectivity index (χ4n) is 2.95. The maximum atomic E-state index is 12.4. The number of carbonyl (C=O) groups excluding carboxylic acids is 2. The molecule has 0 bridgehead atoms. The van der Waals surface area contributed by atoms with Crippen molar-refractivity contribution in [3.8, 4) is 0 Å². The van der Waals surface area contributed by atoms with Crippen LogP contribution in [0.3, 0.4) is 0 Å². The molecule has 4 rings (SSSR count). The van der Waals surface area contributed by atoms with Crippen molar-refractivity contribution < 1.29 is 14.0 Å². The third-order valence-electron chi connectivity index (χ3n) is 4.20. The van der Waals surface area contributed by atoms with Gasteiger partial charge in [0, 0.05) is 18.7 Å². The van der Waals surface area contributed by atoms with Crippen LogP contribution in [0.5, 0.6) is 0 Å². The first-order valence-electron chi connectivity index (χ1n) is 7.73. The van der Waals surface area contributed by atoms with Crippen LogP contribution in [0.2, 0.25) is 0 Å². The summed E-state index contributed by atoms with van der Waals surface area (Å²) in [6.07, 6.45) is 3.41. The van der Waals surface area contributed by atoms with Crippen molar-refractivity contribution >= 4 is 28.5 Å². The molecule has 1 atom stereocenters. The number of likely N-dealkylation sites (tertiary alicyclic amines) is 1. The summed E-state index contributed by atoms with van der Waals surface area (Å²) in [7, 11) is 0. The van der Waals surface area contributed by atoms with Crippen LogP contribution in [0.1, 0.15) is 12.2 Å². The van der Waals surface area contributed by atoms with E-state index in [1.807, 2.05) is 18.2 Å². The smallest absolute Gasteiger partial charge is 0.229 e. The molecule has 0 aliphatic carbocycles. The van der Waals surface area contributed by atoms with Gasteiger partial charge in [-0.15, -0.1) is 0 Å². The number of benzene rings is 1. The summed E-state index contributed by atoms with van der Waals surface area (Å²) in [5.74, 6) is 0.179. The van der Waals surface area contributed by atoms with Crippen molar-refractivity contribution in [1.29, 1.82) is 0 Å². The van der Waals surface area contributed by atoms with Crippen LogP contribution in [0, 0.1) is 5.92 Å². The number of fused-ring (bicyclic) bond motifs is 1. The van der Waals surface area contributed by atoms with E-state index in [1.54, 1.807) is 29.6 Å². The number of furan rings is 1. The number of nitrogens with one attached hydrogen (secondary N) is 2. The van der Waals surface area contributed by atoms with Crippen molar-refractivity contribution in [2.24, 2.45) is 5.92 Å². The van der Waals surface area contributed by atoms with Gasteiger partial charge in [0.15, 0.2) is 0 Å². The molecule has 0 spiro atoms. The Morgan fingerprint density at radius 2 is 2.33 bits per heavy atom. The number of hydrogen-bond acceptors (Lipinski definition) is 4. The minimum atomic E-state index is -0.357. The number of amides is 2. The van der Waals surface area contributed by atoms with Gasteiger partial charge in [0.1, 0.15) is 5.76 Å². The van der Waals surface area contributed by atoms with Gasteiger partial charge in [-0.2, -0.15) is 0 Å². The van der Waals surface area contributed by atoms with E-state index in [2.05, 4.69) is 15.3 Å². The highest BCUT2D eigenvalue weighted by molar-refractivity contribution is 5.98. The second-order valence-corrected chi connectivity index (χ2v) is 5.88. The van der Waals surface area contributed by atoms with Crippen molar-refractivity contribution in [3.05, 3.63) is 48.7 Å². The third kappa shape index (κ3) is 2.76. The number of hydrogen-bond donors (Lipinski definition) is 2. The molecule has 1 fully saturated rings. The van der Waals surface area contributed by atoms with Crippen LogP contribution >= 0.6 is 0 Å². The number of nitrogens with zero attached hydrogens (tertiary/aromatic N) is 2. The molecular formula is C17H16N4O3. The number of imidazole rings is 1. The van der Waals surface area contributed by atoms with E-state index in [0.29, 0.717) is 24.5 Å². The van der Waals surface area contributed by atoms with E-state index < -0.39 is 0 Å². The highest BCUT2D eigenvalue weighted by Gasteiger charge is 2.34. The van der Waals surface area contributed by atoms with Gasteiger partial charge >= 0.3 is 0 Å². The van der Waals surface area contributed by atoms with Gasteiger partial charge in [-0.1, -0.05) is 0 Å². The fourth-order valence-corrected chi connectivity index (χ4v) is 2.95. The first kappa shape index (κ1) is 14.5. The summed E-state index contributed by atoms with van der Waals surface area (Å²) in [6.45, 7) is 0.799. The normalized spacial score (nSPS) is 17.6. The van der Waals surface area contributed by atoms with Crippen LogP contribution in [0.25, 0.3) is 11.0 Å². The van der Waals surface area contributed by atoms with Gasteiger partial charge in [0.2, 0.25) is 11.8 Å². The topological polar surface area (TPSA) is 91.2 Å². The van der Waals surface area contributed by atoms with Crippen LogP contribution in [0.4, 0.5) is 5.69 Å². The lowest BCUT2D eigenvalue weighted by Crippen LogP contribution is -2.27. The van der Waals surface area contributed by atoms with Gasteiger partial charge < -0.3 is 19.6 Å². The molecule has 122 valence electrons. The monoisotopic (exact) mass is 324 g/mol. The minimum absolute atomic E-state index is 0.0319. The van der Waals surface area contributed by atoms with Crippen LogP contribution in [0.15, 0.2) is 47.3 Å². The van der Waals surface area contributed by atoms with Crippen molar-refractivity contribution in [2.45, 2.75) is 13.0 Å². The predicted octanol–water partition coefficient (Wildman–Crippen LogP) is 2.14. The average molecular weight is 324 g/mol. The molecule has 0 saturated carbocycles. The third-order valence-corrected chi connectivity index (χ3v) is 4.20. The van der Waals surface area contributed by atoms with E-state index in [9.17, 15) is 9.59 Å². The van der Waals surface area contributed by atoms with Gasteiger partial charge in [-0.05, 0) is 30.3 Å². The van der Waals surface area contributed by atoms with E-state index in [-0.39, 0.29) is 24.2 Å². The predicted molar refractivity (Wildman–Crippen MR) is 87.0 cm³/mol. The Kier molecular flexibility index (Phi) is 3.53. The molecule has 1 aliphatic heterocycles. The second kappa shape index (κ2) is 5.84. The molecule has 1 aliphatic rings. The second-order valence-electron chi connectivity index (χ2n) is 5.88. The first-order valence-corrected chi connectivity index (χ1v) is 7.73. The summed E-state index contributed by atoms with van der Waals surface area (Å²) in [4.78, 5) is 33.3. The molecule has 7 nitrogen and oxygen atoms in total. The Hall–Kier alpha value is -3.09. The van der Waals surface area contributed by atoms with Gasteiger partial charge in [0.25, 0.3) is 0 Å². The fraction of sp³-hybridized carbons (Fsp3) is 0.235. The number of aromatic nitrogens is 2. The molecular weight excluding hydrogens is 308 g/mol. The Labute approximate surface area is 137 Å². The lowest BCUT2D eigenvalue weighted by Gasteiger charge is -2.15. The summed E-state index contributed by atoms with van der Waals surface area (Å²) in [5.41, 5.74) is 2.39. The molecule has 0 radical (unpaired) electrons. The van der Waals surface area contributed by atoms with Crippen LogP contribution in [-0.2, 0) is 16.1 Å². The Bertz CT molecular complexity index is 884. The Morgan fingerprint density at radius 3 is 3.17 bits per heavy atom. The number of carbonyl (C=O) groups is 2. The molecule has 7 heteroatoms. The van der Waals surface area contributed by atoms with Crippen molar-refractivity contribution in [2.75, 3.05) is 11.9 Å². The van der Waals surface area contributed by atoms with Gasteiger partial charge in [0.05, 0.1) is 36.1 Å². The van der Waals surface area contributed by atoms with E-state index in [1.165, 1.54) is 0 Å². The zero-order valence-electron chi connectivity index (χ0n) is 12.9. The summed E-state index contributed by atoms with van der Waals surface area (Å²) in [6, 6.07) is 9.08. The maximum Gasteiger partial charge on any atom is 0.229 e. The molecule has 2 aromatic heterocycles. The molecule has 3 aromatic rings. The standard InChI is InChI=1S/C17H16N4O3/c22-16-6-11(8-21(16)9-13-2-1-5-24-13)17(23)20-12-3-4-14-15(7-12)19-10-18-14/h1-5,7,10-11H,6,8-9H2,(H,18,19)(H,20,23)/t11-/m1/s1. The number of rotatable bonds is 4. The summed E-state index contributed by atoms with van der Waals surface area (Å²) in [5, 5.41) is 2.88. The van der Waals surface area contributed by atoms with Gasteiger partial charge in [-0.25, -0.2) is 4.98 Å². The molecule has 1 saturated heterocycles. The molecule has 3 heterocycles. The molecule has 0 unspecified atom stereocenters.